The van der Waals surface area contributed by atoms with E-state index in [2.05, 4.69) is 30.9 Å². The fraction of sp³-hybridized carbons (Fsp3) is 0.474. The third-order valence-electron chi connectivity index (χ3n) is 4.58. The molecule has 3 rings (SSSR count). The van der Waals surface area contributed by atoms with Crippen molar-refractivity contribution in [2.45, 2.75) is 32.2 Å². The molecule has 0 bridgehead atoms. The fourth-order valence-electron chi connectivity index (χ4n) is 3.01. The molecule has 0 unspecified atom stereocenters. The first-order valence-electron chi connectivity index (χ1n) is 9.76. The monoisotopic (exact) mass is 400 g/mol. The number of hydrogen-bond donors (Lipinski definition) is 5. The molecule has 1 amide bonds. The Labute approximate surface area is 169 Å². The summed E-state index contributed by atoms with van der Waals surface area (Å²) >= 11 is 0. The second kappa shape index (κ2) is 9.99. The van der Waals surface area contributed by atoms with Gasteiger partial charge in [-0.05, 0) is 38.8 Å². The van der Waals surface area contributed by atoms with Gasteiger partial charge in [-0.25, -0.2) is 15.0 Å². The molecule has 2 aromatic rings. The number of nitrogens with one attached hydrogen (secondary N) is 3. The van der Waals surface area contributed by atoms with Crippen LogP contribution in [0.5, 0.6) is 0 Å². The Hall–Kier alpha value is -2.98. The summed E-state index contributed by atoms with van der Waals surface area (Å²) in [6, 6.07) is 3.86. The zero-order chi connectivity index (χ0) is 20.6. The molecule has 1 aliphatic rings. The van der Waals surface area contributed by atoms with Crippen LogP contribution >= 0.6 is 0 Å². The lowest BCUT2D eigenvalue weighted by Gasteiger charge is -2.24. The Morgan fingerprint density at radius 2 is 2.07 bits per heavy atom. The van der Waals surface area contributed by atoms with Crippen LogP contribution in [0.15, 0.2) is 18.3 Å². The number of aromatic nitrogens is 3. The van der Waals surface area contributed by atoms with Crippen molar-refractivity contribution in [2.75, 3.05) is 42.3 Å². The maximum atomic E-state index is 11.9. The average Bonchev–Trinajstić information content (AvgIpc) is 2.71. The van der Waals surface area contributed by atoms with Gasteiger partial charge >= 0.3 is 0 Å². The van der Waals surface area contributed by atoms with E-state index < -0.39 is 5.91 Å². The molecule has 0 aliphatic carbocycles. The number of nitrogens with two attached hydrogens (primary N) is 2. The number of anilines is 4. The summed E-state index contributed by atoms with van der Waals surface area (Å²) < 4.78 is 5.40. The highest BCUT2D eigenvalue weighted by atomic mass is 16.5. The zero-order valence-corrected chi connectivity index (χ0v) is 16.6. The van der Waals surface area contributed by atoms with E-state index in [1.807, 2.05) is 6.07 Å². The van der Waals surface area contributed by atoms with Crippen molar-refractivity contribution in [3.05, 3.63) is 29.7 Å². The van der Waals surface area contributed by atoms with Gasteiger partial charge in [0.25, 0.3) is 5.91 Å². The van der Waals surface area contributed by atoms with Gasteiger partial charge in [-0.3, -0.25) is 4.79 Å². The van der Waals surface area contributed by atoms with Crippen LogP contribution in [0.2, 0.25) is 0 Å². The molecule has 1 fully saturated rings. The lowest BCUT2D eigenvalue weighted by atomic mass is 10.1. The average molecular weight is 400 g/mol. The quantitative estimate of drug-likeness (QED) is 0.393. The highest BCUT2D eigenvalue weighted by Crippen LogP contribution is 2.24. The molecule has 0 aromatic carbocycles. The molecule has 0 radical (unpaired) electrons. The van der Waals surface area contributed by atoms with Crippen LogP contribution in [-0.2, 0) is 4.74 Å². The number of ether oxygens (including phenoxy) is 1. The summed E-state index contributed by atoms with van der Waals surface area (Å²) in [4.78, 5) is 25.2. The molecule has 10 heteroatoms. The van der Waals surface area contributed by atoms with E-state index >= 15 is 0 Å². The predicted octanol–water partition coefficient (Wildman–Crippen LogP) is 1.37. The van der Waals surface area contributed by atoms with Gasteiger partial charge in [-0.1, -0.05) is 0 Å². The minimum absolute atomic E-state index is 0.0921. The number of carbonyl (C=O) groups excluding carboxylic acids is 1. The molecule has 10 nitrogen and oxygen atoms in total. The van der Waals surface area contributed by atoms with E-state index in [1.165, 1.54) is 0 Å². The number of amides is 1. The topological polar surface area (TPSA) is 153 Å². The highest BCUT2D eigenvalue weighted by Gasteiger charge is 2.19. The molecule has 0 spiro atoms. The minimum atomic E-state index is -0.643. The van der Waals surface area contributed by atoms with E-state index in [-0.39, 0.29) is 11.7 Å². The molecule has 1 saturated heterocycles. The van der Waals surface area contributed by atoms with Crippen molar-refractivity contribution < 1.29 is 9.53 Å². The van der Waals surface area contributed by atoms with Gasteiger partial charge in [-0.2, -0.15) is 0 Å². The molecule has 7 N–H and O–H groups in total. The summed E-state index contributed by atoms with van der Waals surface area (Å²) in [6.45, 7) is 4.56. The van der Waals surface area contributed by atoms with Crippen molar-refractivity contribution in [1.29, 1.82) is 0 Å². The van der Waals surface area contributed by atoms with Crippen LogP contribution in [0.25, 0.3) is 0 Å². The van der Waals surface area contributed by atoms with Gasteiger partial charge in [0, 0.05) is 43.8 Å². The zero-order valence-electron chi connectivity index (χ0n) is 16.6. The number of nitrogens with zero attached hydrogens (tertiary/aromatic N) is 3. The third-order valence-corrected chi connectivity index (χ3v) is 4.58. The van der Waals surface area contributed by atoms with Gasteiger partial charge in [0.2, 0.25) is 0 Å². The van der Waals surface area contributed by atoms with Gasteiger partial charge in [0.15, 0.2) is 11.5 Å². The lowest BCUT2D eigenvalue weighted by molar-refractivity contribution is 0.0903. The fourth-order valence-corrected chi connectivity index (χ4v) is 3.01. The molecule has 2 aromatic heterocycles. The van der Waals surface area contributed by atoms with Gasteiger partial charge in [-0.15, -0.1) is 0 Å². The first kappa shape index (κ1) is 20.7. The Bertz CT molecular complexity index is 839. The van der Waals surface area contributed by atoms with E-state index in [4.69, 9.17) is 16.2 Å². The Morgan fingerprint density at radius 3 is 2.79 bits per heavy atom. The molecule has 1 aliphatic heterocycles. The van der Waals surface area contributed by atoms with Crippen LogP contribution in [0.1, 0.15) is 35.4 Å². The van der Waals surface area contributed by atoms with Crippen LogP contribution in [0.4, 0.5) is 23.1 Å². The standard InChI is InChI=1S/C19H28N8O2/c1-12-18(25-13-4-9-29-10-5-13)27-19(16(24-12)17(21)28)26-14-3-8-23-15(11-14)22-7-2-6-20/h3,8,11,13H,2,4-7,9-10,20H2,1H3,(H2,21,28)(H3,22,23,25,26,27). The summed E-state index contributed by atoms with van der Waals surface area (Å²) in [6.07, 6.45) is 4.29. The summed E-state index contributed by atoms with van der Waals surface area (Å²) in [7, 11) is 0. The second-order valence-electron chi connectivity index (χ2n) is 6.87. The SMILES string of the molecule is Cc1nc(C(N)=O)c(Nc2ccnc(NCCCN)c2)nc1NC1CCOCC1. The first-order valence-corrected chi connectivity index (χ1v) is 9.76. The molecule has 0 saturated carbocycles. The van der Waals surface area contributed by atoms with Crippen molar-refractivity contribution in [3.8, 4) is 0 Å². The number of hydrogen-bond acceptors (Lipinski definition) is 9. The van der Waals surface area contributed by atoms with E-state index in [0.717, 1.165) is 25.8 Å². The number of primary amides is 1. The van der Waals surface area contributed by atoms with Crippen LogP contribution in [0, 0.1) is 6.92 Å². The molecule has 156 valence electrons. The van der Waals surface area contributed by atoms with Gasteiger partial charge in [0.05, 0.1) is 5.69 Å². The van der Waals surface area contributed by atoms with E-state index in [9.17, 15) is 4.79 Å². The molecular formula is C19H28N8O2. The minimum Gasteiger partial charge on any atom is -0.381 e. The Morgan fingerprint density at radius 1 is 1.28 bits per heavy atom. The van der Waals surface area contributed by atoms with Crippen molar-refractivity contribution in [2.24, 2.45) is 11.5 Å². The number of carbonyl (C=O) groups is 1. The largest absolute Gasteiger partial charge is 0.381 e. The Balaban J connectivity index is 1.82. The van der Waals surface area contributed by atoms with Crippen LogP contribution in [-0.4, -0.2) is 53.2 Å². The van der Waals surface area contributed by atoms with E-state index in [1.54, 1.807) is 19.2 Å². The second-order valence-corrected chi connectivity index (χ2v) is 6.87. The number of pyridine rings is 1. The number of aryl methyl sites for hydroxylation is 1. The summed E-state index contributed by atoms with van der Waals surface area (Å²) in [5.41, 5.74) is 12.5. The van der Waals surface area contributed by atoms with Crippen molar-refractivity contribution >= 4 is 29.0 Å². The van der Waals surface area contributed by atoms with Crippen molar-refractivity contribution in [1.82, 2.24) is 15.0 Å². The predicted molar refractivity (Wildman–Crippen MR) is 112 cm³/mol. The number of rotatable bonds is 9. The van der Waals surface area contributed by atoms with Crippen molar-refractivity contribution in [3.63, 3.8) is 0 Å². The molecule has 29 heavy (non-hydrogen) atoms. The molecule has 3 heterocycles. The maximum absolute atomic E-state index is 11.9. The normalized spacial score (nSPS) is 14.4. The van der Waals surface area contributed by atoms with Gasteiger partial charge < -0.3 is 32.2 Å². The summed E-state index contributed by atoms with van der Waals surface area (Å²) in [5.74, 6) is 0.984. The van der Waals surface area contributed by atoms with Crippen LogP contribution in [0.3, 0.4) is 0 Å². The van der Waals surface area contributed by atoms with Crippen LogP contribution < -0.4 is 27.4 Å². The maximum Gasteiger partial charge on any atom is 0.271 e. The molecular weight excluding hydrogens is 372 g/mol. The lowest BCUT2D eigenvalue weighted by Crippen LogP contribution is -2.29. The Kier molecular flexibility index (Phi) is 7.14. The first-order chi connectivity index (χ1) is 14.1. The van der Waals surface area contributed by atoms with E-state index in [0.29, 0.717) is 48.6 Å². The van der Waals surface area contributed by atoms with Gasteiger partial charge in [0.1, 0.15) is 11.6 Å². The highest BCUT2D eigenvalue weighted by molar-refractivity contribution is 5.96. The third kappa shape index (κ3) is 5.75. The molecule has 0 atom stereocenters. The smallest absolute Gasteiger partial charge is 0.271 e. The summed E-state index contributed by atoms with van der Waals surface area (Å²) in [5, 5.41) is 9.75.